The zero-order valence-electron chi connectivity index (χ0n) is 13.6. The number of ether oxygens (including phenoxy) is 4. The van der Waals surface area contributed by atoms with Crippen molar-refractivity contribution in [3.05, 3.63) is 0 Å². The molecule has 5 rings (SSSR count). The summed E-state index contributed by atoms with van der Waals surface area (Å²) in [7, 11) is 0. The van der Waals surface area contributed by atoms with Gasteiger partial charge in [0.2, 0.25) is 0 Å². The topological polar surface area (TPSA) is 43.4 Å². The Kier molecular flexibility index (Phi) is 2.72. The van der Waals surface area contributed by atoms with Crippen LogP contribution in [-0.4, -0.2) is 72.2 Å². The molecule has 0 unspecified atom stereocenters. The predicted molar refractivity (Wildman–Crippen MR) is 78.0 cm³/mol. The van der Waals surface area contributed by atoms with Crippen molar-refractivity contribution in [3.63, 3.8) is 0 Å². The summed E-state index contributed by atoms with van der Waals surface area (Å²) in [5.41, 5.74) is -0.155. The van der Waals surface area contributed by atoms with Gasteiger partial charge < -0.3 is 18.9 Å². The Morgan fingerprint density at radius 2 is 1.05 bits per heavy atom. The highest BCUT2D eigenvalue weighted by atomic mass is 16.6. The lowest BCUT2D eigenvalue weighted by Gasteiger charge is -2.49. The molecule has 22 heavy (non-hydrogen) atoms. The van der Waals surface area contributed by atoms with Gasteiger partial charge in [0, 0.05) is 0 Å². The lowest BCUT2D eigenvalue weighted by Crippen LogP contribution is -2.59. The van der Waals surface area contributed by atoms with E-state index in [0.717, 1.165) is 52.1 Å². The summed E-state index contributed by atoms with van der Waals surface area (Å²) < 4.78 is 24.1. The molecule has 0 aromatic carbocycles. The molecule has 0 radical (unpaired) electrons. The highest BCUT2D eigenvalue weighted by Gasteiger charge is 2.64. The summed E-state index contributed by atoms with van der Waals surface area (Å²) in [6.45, 7) is 9.07. The molecule has 5 fully saturated rings. The van der Waals surface area contributed by atoms with Crippen molar-refractivity contribution < 1.29 is 18.9 Å². The van der Waals surface area contributed by atoms with E-state index in [1.54, 1.807) is 0 Å². The van der Waals surface area contributed by atoms with Crippen LogP contribution >= 0.6 is 0 Å². The highest BCUT2D eigenvalue weighted by Crippen LogP contribution is 2.53. The first-order valence-electron chi connectivity index (χ1n) is 8.50. The lowest BCUT2D eigenvalue weighted by molar-refractivity contribution is -0.196. The Morgan fingerprint density at radius 3 is 1.45 bits per heavy atom. The molecule has 0 N–H and O–H groups in total. The van der Waals surface area contributed by atoms with Gasteiger partial charge in [0.05, 0.1) is 37.5 Å². The van der Waals surface area contributed by atoms with Gasteiger partial charge >= 0.3 is 0 Å². The number of fused-ring (bicyclic) bond motifs is 4. The van der Waals surface area contributed by atoms with E-state index in [-0.39, 0.29) is 22.5 Å². The average Bonchev–Trinajstić information content (AvgIpc) is 3.19. The van der Waals surface area contributed by atoms with Crippen molar-refractivity contribution in [3.8, 4) is 0 Å². The normalized spacial score (nSPS) is 55.4. The largest absolute Gasteiger partial charge is 0.364 e. The molecule has 0 aromatic heterocycles. The van der Waals surface area contributed by atoms with E-state index in [1.807, 2.05) is 0 Å². The minimum absolute atomic E-state index is 0.0618. The summed E-state index contributed by atoms with van der Waals surface area (Å²) in [5.74, 6) is 0. The molecule has 0 amide bonds. The molecule has 2 atom stereocenters. The molecule has 5 aliphatic rings. The second kappa shape index (κ2) is 4.23. The second-order valence-electron chi connectivity index (χ2n) is 8.27. The first-order chi connectivity index (χ1) is 10.5. The summed E-state index contributed by atoms with van der Waals surface area (Å²) in [6.07, 6.45) is 4.05. The van der Waals surface area contributed by atoms with Crippen LogP contribution in [0.25, 0.3) is 0 Å². The minimum Gasteiger partial charge on any atom is -0.364 e. The van der Waals surface area contributed by atoms with E-state index in [2.05, 4.69) is 23.6 Å². The Morgan fingerprint density at radius 1 is 0.636 bits per heavy atom. The van der Waals surface area contributed by atoms with Gasteiger partial charge in [-0.1, -0.05) is 0 Å². The third kappa shape index (κ3) is 1.61. The van der Waals surface area contributed by atoms with Crippen molar-refractivity contribution in [2.24, 2.45) is 0 Å². The van der Waals surface area contributed by atoms with E-state index in [0.29, 0.717) is 13.5 Å². The van der Waals surface area contributed by atoms with Crippen molar-refractivity contribution in [2.75, 3.05) is 39.9 Å². The average molecular weight is 310 g/mol. The van der Waals surface area contributed by atoms with Gasteiger partial charge in [-0.15, -0.1) is 0 Å². The summed E-state index contributed by atoms with van der Waals surface area (Å²) in [4.78, 5) is 4.92. The zero-order chi connectivity index (χ0) is 15.1. The maximum atomic E-state index is 6.33. The molecule has 0 bridgehead atoms. The highest BCUT2D eigenvalue weighted by molar-refractivity contribution is 5.10. The number of nitrogens with zero attached hydrogens (tertiary/aromatic N) is 2. The van der Waals surface area contributed by atoms with Crippen LogP contribution in [0, 0.1) is 0 Å². The summed E-state index contributed by atoms with van der Waals surface area (Å²) in [6, 6.07) is 0. The molecule has 6 heteroatoms. The van der Waals surface area contributed by atoms with Gasteiger partial charge in [-0.05, 0) is 39.5 Å². The van der Waals surface area contributed by atoms with Crippen LogP contribution in [0.2, 0.25) is 0 Å². The van der Waals surface area contributed by atoms with Crippen molar-refractivity contribution in [1.82, 2.24) is 9.80 Å². The minimum atomic E-state index is -0.139. The Hall–Kier alpha value is -0.240. The molecule has 1 saturated carbocycles. The van der Waals surface area contributed by atoms with Crippen LogP contribution < -0.4 is 0 Å². The van der Waals surface area contributed by atoms with E-state index < -0.39 is 0 Å². The molecule has 0 aromatic rings. The molecule has 2 spiro atoms. The van der Waals surface area contributed by atoms with Crippen molar-refractivity contribution in [2.45, 2.75) is 62.1 Å². The zero-order valence-corrected chi connectivity index (χ0v) is 13.6. The van der Waals surface area contributed by atoms with Crippen LogP contribution in [0.3, 0.4) is 0 Å². The standard InChI is InChI=1S/C16H26N2O4/c1-13-7-19-11-17(13)15(21-9-13)3-5-16(6-4-15)18-12-20-8-14(18,2)10-22-16/h3-12H2,1-2H3/t13-,14+,15?,16?. The van der Waals surface area contributed by atoms with E-state index >= 15 is 0 Å². The van der Waals surface area contributed by atoms with Gasteiger partial charge in [-0.25, -0.2) is 9.80 Å². The molecular weight excluding hydrogens is 284 g/mol. The van der Waals surface area contributed by atoms with E-state index in [4.69, 9.17) is 18.9 Å². The van der Waals surface area contributed by atoms with Gasteiger partial charge in [0.1, 0.15) is 24.9 Å². The second-order valence-corrected chi connectivity index (χ2v) is 8.27. The third-order valence-corrected chi connectivity index (χ3v) is 6.67. The molecule has 4 aliphatic heterocycles. The molecular formula is C16H26N2O4. The predicted octanol–water partition coefficient (Wildman–Crippen LogP) is 1.11. The van der Waals surface area contributed by atoms with E-state index in [1.165, 1.54) is 0 Å². The smallest absolute Gasteiger partial charge is 0.124 e. The third-order valence-electron chi connectivity index (χ3n) is 6.67. The van der Waals surface area contributed by atoms with Gasteiger partial charge in [-0.3, -0.25) is 0 Å². The number of hydrogen-bond acceptors (Lipinski definition) is 6. The molecule has 124 valence electrons. The molecule has 4 saturated heterocycles. The van der Waals surface area contributed by atoms with Crippen LogP contribution in [-0.2, 0) is 18.9 Å². The van der Waals surface area contributed by atoms with Crippen molar-refractivity contribution >= 4 is 0 Å². The number of rotatable bonds is 0. The van der Waals surface area contributed by atoms with Crippen molar-refractivity contribution in [1.29, 1.82) is 0 Å². The quantitative estimate of drug-likeness (QED) is 0.668. The Labute approximate surface area is 131 Å². The fourth-order valence-corrected chi connectivity index (χ4v) is 5.23. The summed E-state index contributed by atoms with van der Waals surface area (Å²) >= 11 is 0. The number of hydrogen-bond donors (Lipinski definition) is 0. The SMILES string of the molecule is C[C@@]12COCN1C1(CCC3(CC1)OC[C@@]1(C)COCN31)OC2. The van der Waals surface area contributed by atoms with Crippen LogP contribution in [0.4, 0.5) is 0 Å². The van der Waals surface area contributed by atoms with Gasteiger partial charge in [0.15, 0.2) is 0 Å². The van der Waals surface area contributed by atoms with Gasteiger partial charge in [0.25, 0.3) is 0 Å². The Bertz CT molecular complexity index is 449. The molecule has 1 aliphatic carbocycles. The molecule has 6 nitrogen and oxygen atoms in total. The maximum absolute atomic E-state index is 6.33. The van der Waals surface area contributed by atoms with Gasteiger partial charge in [-0.2, -0.15) is 0 Å². The monoisotopic (exact) mass is 310 g/mol. The van der Waals surface area contributed by atoms with E-state index in [9.17, 15) is 0 Å². The van der Waals surface area contributed by atoms with Crippen LogP contribution in [0.15, 0.2) is 0 Å². The fourth-order valence-electron chi connectivity index (χ4n) is 5.23. The summed E-state index contributed by atoms with van der Waals surface area (Å²) in [5, 5.41) is 0. The first-order valence-corrected chi connectivity index (χ1v) is 8.50. The molecule has 4 heterocycles. The Balaban J connectivity index is 1.38. The first kappa shape index (κ1) is 14.1. The van der Waals surface area contributed by atoms with Crippen LogP contribution in [0.5, 0.6) is 0 Å². The lowest BCUT2D eigenvalue weighted by atomic mass is 9.82. The van der Waals surface area contributed by atoms with Crippen LogP contribution in [0.1, 0.15) is 39.5 Å². The maximum Gasteiger partial charge on any atom is 0.124 e. The fraction of sp³-hybridized carbons (Fsp3) is 1.00.